The third-order valence-corrected chi connectivity index (χ3v) is 9.71. The summed E-state index contributed by atoms with van der Waals surface area (Å²) in [6.45, 7) is 2.72. The monoisotopic (exact) mass is 941 g/mol. The quantitative estimate of drug-likeness (QED) is 0.0640. The number of benzene rings is 1. The zero-order valence-corrected chi connectivity index (χ0v) is 34.5. The van der Waals surface area contributed by atoms with E-state index in [2.05, 4.69) is 0 Å². The van der Waals surface area contributed by atoms with Gasteiger partial charge in [0.1, 0.15) is 18.4 Å². The van der Waals surface area contributed by atoms with Crippen molar-refractivity contribution in [2.24, 2.45) is 0 Å². The van der Waals surface area contributed by atoms with Crippen molar-refractivity contribution < 1.29 is 109 Å². The number of aliphatic carboxylic acids is 4. The van der Waals surface area contributed by atoms with Gasteiger partial charge in [0.15, 0.2) is 0 Å². The molecule has 18 nitrogen and oxygen atoms in total. The number of carboxylic acid groups (broad SMARTS) is 4. The van der Waals surface area contributed by atoms with Gasteiger partial charge in [0.25, 0.3) is 0 Å². The van der Waals surface area contributed by atoms with Crippen molar-refractivity contribution >= 4 is 23.9 Å². The van der Waals surface area contributed by atoms with Crippen molar-refractivity contribution in [2.75, 3.05) is 105 Å². The molecule has 56 heavy (non-hydrogen) atoms. The van der Waals surface area contributed by atoms with Crippen molar-refractivity contribution in [3.05, 3.63) is 29.8 Å². The van der Waals surface area contributed by atoms with E-state index in [9.17, 15) is 54.9 Å². The van der Waals surface area contributed by atoms with Crippen LogP contribution in [0.2, 0.25) is 0 Å². The molecule has 4 unspecified atom stereocenters. The van der Waals surface area contributed by atoms with Crippen LogP contribution in [0.5, 0.6) is 5.75 Å². The summed E-state index contributed by atoms with van der Waals surface area (Å²) in [5.74, 6) is -4.87. The van der Waals surface area contributed by atoms with E-state index in [1.807, 2.05) is 31.2 Å². The number of carboxylic acids is 4. The van der Waals surface area contributed by atoms with Gasteiger partial charge in [-0.25, -0.2) is 0 Å². The van der Waals surface area contributed by atoms with Crippen molar-refractivity contribution in [2.45, 2.75) is 69.6 Å². The maximum absolute atomic E-state index is 12.8. The summed E-state index contributed by atoms with van der Waals surface area (Å²) in [7, 11) is 0. The molecule has 0 aromatic heterocycles. The number of aliphatic hydroxyl groups excluding tert-OH is 3. The van der Waals surface area contributed by atoms with Crippen LogP contribution in [0.4, 0.5) is 0 Å². The maximum Gasteiger partial charge on any atom is 3.00 e. The molecule has 1 radical (unpaired) electrons. The molecule has 0 spiro atoms. The van der Waals surface area contributed by atoms with E-state index >= 15 is 0 Å². The number of nitrogens with zero attached hydrogens (tertiary/aromatic N) is 4. The number of aryl methyl sites for hydroxylation is 1. The Hall–Kier alpha value is -2.14. The summed E-state index contributed by atoms with van der Waals surface area (Å²) in [5.41, 5.74) is 0.956. The molecular formula is C37H59GdN4O14. The summed E-state index contributed by atoms with van der Waals surface area (Å²) in [6.07, 6.45) is 0.625. The Bertz CT molecular complexity index is 1230. The molecule has 1 aliphatic rings. The molecule has 1 heterocycles. The number of hydrogen-bond donors (Lipinski definition) is 4. The van der Waals surface area contributed by atoms with Crippen molar-refractivity contribution in [3.63, 3.8) is 0 Å². The van der Waals surface area contributed by atoms with E-state index in [4.69, 9.17) is 14.2 Å². The molecule has 0 aliphatic carbocycles. The Labute approximate surface area is 361 Å². The van der Waals surface area contributed by atoms with Gasteiger partial charge in [0.05, 0.1) is 55.9 Å². The van der Waals surface area contributed by atoms with Crippen LogP contribution in [-0.4, -0.2) is 193 Å². The first-order valence-corrected chi connectivity index (χ1v) is 19.0. The molecule has 4 N–H and O–H groups in total. The normalized spacial score (nSPS) is 17.7. The summed E-state index contributed by atoms with van der Waals surface area (Å²) < 4.78 is 16.4. The summed E-state index contributed by atoms with van der Waals surface area (Å²) >= 11 is 0. The SMILES string of the molecule is CCOCCOCCOc1ccc(CCCC(C(=O)O)N2CCN(C(CCO)C(=O)[O-])CCN(C(CCO)C(=O)[O-])CCN(C(CCO)C(=O)[O-])CC2)cc1.[Gd+3]. The van der Waals surface area contributed by atoms with Gasteiger partial charge in [-0.2, -0.15) is 0 Å². The second-order valence-corrected chi connectivity index (χ2v) is 13.2. The minimum atomic E-state index is -1.48. The fraction of sp³-hybridized carbons (Fsp3) is 0.730. The first-order chi connectivity index (χ1) is 26.5. The van der Waals surface area contributed by atoms with Crippen LogP contribution in [0.1, 0.15) is 44.6 Å². The molecule has 1 aromatic carbocycles. The van der Waals surface area contributed by atoms with Gasteiger partial charge < -0.3 is 64.3 Å². The Morgan fingerprint density at radius 3 is 1.34 bits per heavy atom. The van der Waals surface area contributed by atoms with Crippen LogP contribution in [0.3, 0.4) is 0 Å². The van der Waals surface area contributed by atoms with Gasteiger partial charge in [0.2, 0.25) is 0 Å². The fourth-order valence-corrected chi connectivity index (χ4v) is 6.73. The third-order valence-electron chi connectivity index (χ3n) is 9.71. The molecule has 2 rings (SSSR count). The molecule has 4 atom stereocenters. The first kappa shape index (κ1) is 51.9. The van der Waals surface area contributed by atoms with E-state index in [1.165, 1.54) is 14.7 Å². The average Bonchev–Trinajstić information content (AvgIpc) is 3.14. The van der Waals surface area contributed by atoms with Crippen molar-refractivity contribution in [3.8, 4) is 5.75 Å². The molecule has 0 saturated carbocycles. The summed E-state index contributed by atoms with van der Waals surface area (Å²) in [4.78, 5) is 55.5. The largest absolute Gasteiger partial charge is 3.00 e. The molecule has 1 aliphatic heterocycles. The predicted molar refractivity (Wildman–Crippen MR) is 191 cm³/mol. The van der Waals surface area contributed by atoms with E-state index < -0.39 is 67.9 Å². The standard InChI is InChI=1S/C37H62N4O14.Gd/c1-2-53-24-25-54-26-27-55-29-8-6-28(7-9-29)4-3-5-30(34(45)46)38-13-15-39(31(10-21-42)35(47)48)17-19-41(33(12-23-44)37(51)52)20-18-40(16-14-38)32(11-22-43)36(49)50;/h6-9,30-33,42-44H,2-5,10-27H2,1H3,(H,45,46)(H,47,48)(H,49,50)(H,51,52);/q;+3/p-3. The molecule has 19 heteroatoms. The van der Waals surface area contributed by atoms with Gasteiger partial charge in [0, 0.05) is 78.8 Å². The van der Waals surface area contributed by atoms with Gasteiger partial charge in [-0.3, -0.25) is 24.4 Å². The van der Waals surface area contributed by atoms with Crippen LogP contribution in [0.25, 0.3) is 0 Å². The van der Waals surface area contributed by atoms with E-state index in [0.29, 0.717) is 51.6 Å². The smallest absolute Gasteiger partial charge is 0.548 e. The Kier molecular flexibility index (Phi) is 27.8. The molecule has 0 bridgehead atoms. The van der Waals surface area contributed by atoms with Gasteiger partial charge in [-0.05, 0) is 63.1 Å². The van der Waals surface area contributed by atoms with Crippen LogP contribution in [-0.2, 0) is 35.1 Å². The number of carbonyl (C=O) groups is 4. The van der Waals surface area contributed by atoms with Crippen molar-refractivity contribution in [1.29, 1.82) is 0 Å². The molecule has 1 fully saturated rings. The fourth-order valence-electron chi connectivity index (χ4n) is 6.73. The summed E-state index contributed by atoms with van der Waals surface area (Å²) in [5, 5.41) is 75.9. The molecule has 1 saturated heterocycles. The van der Waals surface area contributed by atoms with Crippen LogP contribution < -0.4 is 20.1 Å². The molecule has 0 amide bonds. The van der Waals surface area contributed by atoms with Crippen LogP contribution >= 0.6 is 0 Å². The van der Waals surface area contributed by atoms with E-state index in [-0.39, 0.29) is 118 Å². The van der Waals surface area contributed by atoms with Gasteiger partial charge >= 0.3 is 45.9 Å². The number of carbonyl (C=O) groups excluding carboxylic acids is 3. The van der Waals surface area contributed by atoms with Crippen molar-refractivity contribution in [1.82, 2.24) is 19.6 Å². The molecule has 1 aromatic rings. The Morgan fingerprint density at radius 1 is 0.607 bits per heavy atom. The van der Waals surface area contributed by atoms with Crippen LogP contribution in [0.15, 0.2) is 24.3 Å². The van der Waals surface area contributed by atoms with Gasteiger partial charge in [-0.1, -0.05) is 12.1 Å². The van der Waals surface area contributed by atoms with E-state index in [0.717, 1.165) is 5.56 Å². The predicted octanol–water partition coefficient (Wildman–Crippen LogP) is -4.38. The summed E-state index contributed by atoms with van der Waals surface area (Å²) in [6, 6.07) is 2.55. The topological polar surface area (TPSA) is 259 Å². The first-order valence-electron chi connectivity index (χ1n) is 19.0. The number of rotatable bonds is 26. The van der Waals surface area contributed by atoms with Crippen LogP contribution in [0, 0.1) is 39.9 Å². The average molecular weight is 941 g/mol. The second kappa shape index (κ2) is 30.0. The number of ether oxygens (including phenoxy) is 3. The number of aliphatic hydroxyl groups is 3. The number of hydrogen-bond acceptors (Lipinski definition) is 17. The zero-order chi connectivity index (χ0) is 40.6. The Balaban J connectivity index is 0.0000157. The minimum Gasteiger partial charge on any atom is -0.548 e. The maximum atomic E-state index is 12.8. The minimum absolute atomic E-state index is 0. The Morgan fingerprint density at radius 2 is 0.982 bits per heavy atom. The second-order valence-electron chi connectivity index (χ2n) is 13.2. The molecule has 319 valence electrons. The zero-order valence-electron chi connectivity index (χ0n) is 32.2. The third kappa shape index (κ3) is 19.1. The van der Waals surface area contributed by atoms with E-state index in [1.54, 1.807) is 4.90 Å². The van der Waals surface area contributed by atoms with Gasteiger partial charge in [-0.15, -0.1) is 0 Å². The molecular weight excluding hydrogens is 882 g/mol.